The van der Waals surface area contributed by atoms with Crippen LogP contribution in [-0.4, -0.2) is 24.3 Å². The molecule has 0 radical (unpaired) electrons. The summed E-state index contributed by atoms with van der Waals surface area (Å²) in [5.74, 6) is 0.576. The highest BCUT2D eigenvalue weighted by Crippen LogP contribution is 2.21. The summed E-state index contributed by atoms with van der Waals surface area (Å²) in [7, 11) is 2.17. The van der Waals surface area contributed by atoms with E-state index in [4.69, 9.17) is 5.73 Å². The quantitative estimate of drug-likeness (QED) is 0.407. The number of amidine groups is 1. The average molecular weight is 394 g/mol. The number of benzene rings is 2. The normalized spacial score (nSPS) is 11.2. The molecule has 0 aliphatic carbocycles. The molecule has 0 spiro atoms. The van der Waals surface area contributed by atoms with Crippen molar-refractivity contribution in [3.8, 4) is 0 Å². The van der Waals surface area contributed by atoms with Crippen LogP contribution >= 0.6 is 11.3 Å². The highest BCUT2D eigenvalue weighted by Gasteiger charge is 2.06. The van der Waals surface area contributed by atoms with Gasteiger partial charge >= 0.3 is 0 Å². The summed E-state index contributed by atoms with van der Waals surface area (Å²) in [6, 6.07) is 20.9. The van der Waals surface area contributed by atoms with Crippen molar-refractivity contribution < 1.29 is 0 Å². The maximum absolute atomic E-state index is 6.12. The Morgan fingerprint density at radius 3 is 2.46 bits per heavy atom. The number of likely N-dealkylation sites (N-methyl/N-ethyl adjacent to an activating group) is 1. The number of nitrogens with zero attached hydrogens (tertiary/aromatic N) is 2. The highest BCUT2D eigenvalue weighted by molar-refractivity contribution is 7.12. The molecule has 0 bridgehead atoms. The molecule has 3 aromatic rings. The lowest BCUT2D eigenvalue weighted by Gasteiger charge is -2.18. The van der Waals surface area contributed by atoms with Crippen LogP contribution in [0.5, 0.6) is 0 Å². The first-order valence-electron chi connectivity index (χ1n) is 9.82. The first-order valence-corrected chi connectivity index (χ1v) is 10.7. The number of nitrogens with two attached hydrogens (primary N) is 1. The molecule has 0 saturated heterocycles. The van der Waals surface area contributed by atoms with E-state index >= 15 is 0 Å². The van der Waals surface area contributed by atoms with Gasteiger partial charge in [-0.25, -0.2) is 4.99 Å². The zero-order valence-electron chi connectivity index (χ0n) is 17.4. The van der Waals surface area contributed by atoms with Crippen molar-refractivity contribution in [2.75, 3.05) is 13.6 Å². The fourth-order valence-corrected chi connectivity index (χ4v) is 3.48. The van der Waals surface area contributed by atoms with Gasteiger partial charge in [-0.2, -0.15) is 0 Å². The Hall–Kier alpha value is -2.43. The minimum atomic E-state index is 0.576. The van der Waals surface area contributed by atoms with Gasteiger partial charge in [-0.1, -0.05) is 56.3 Å². The summed E-state index contributed by atoms with van der Waals surface area (Å²) < 4.78 is 0. The van der Waals surface area contributed by atoms with Gasteiger partial charge in [0.2, 0.25) is 0 Å². The molecule has 0 unspecified atom stereocenters. The van der Waals surface area contributed by atoms with E-state index < -0.39 is 0 Å². The summed E-state index contributed by atoms with van der Waals surface area (Å²) in [5, 5.41) is 2.01. The highest BCUT2D eigenvalue weighted by atomic mass is 32.1. The van der Waals surface area contributed by atoms with Gasteiger partial charge in [0, 0.05) is 13.1 Å². The van der Waals surface area contributed by atoms with E-state index in [1.807, 2.05) is 37.4 Å². The molecule has 3 nitrogen and oxygen atoms in total. The molecule has 0 aliphatic heterocycles. The van der Waals surface area contributed by atoms with Gasteiger partial charge in [0.25, 0.3) is 0 Å². The Balaban J connectivity index is 0.00000136. The molecule has 0 saturated carbocycles. The van der Waals surface area contributed by atoms with Crippen molar-refractivity contribution in [2.45, 2.75) is 33.7 Å². The van der Waals surface area contributed by atoms with E-state index in [0.717, 1.165) is 30.1 Å². The maximum atomic E-state index is 6.12. The molecule has 1 heterocycles. The predicted molar refractivity (Wildman–Crippen MR) is 124 cm³/mol. The van der Waals surface area contributed by atoms with Gasteiger partial charge < -0.3 is 10.6 Å². The average Bonchev–Trinajstić information content (AvgIpc) is 3.26. The van der Waals surface area contributed by atoms with Crippen molar-refractivity contribution in [3.05, 3.63) is 87.6 Å². The van der Waals surface area contributed by atoms with Crippen LogP contribution in [0.4, 0.5) is 5.69 Å². The number of rotatable bonds is 7. The first-order chi connectivity index (χ1) is 13.6. The lowest BCUT2D eigenvalue weighted by atomic mass is 10.1. The number of aryl methyl sites for hydroxylation is 1. The molecule has 0 fully saturated rings. The Labute approximate surface area is 173 Å². The molecular formula is C24H31N3S. The van der Waals surface area contributed by atoms with Gasteiger partial charge in [0.05, 0.1) is 10.6 Å². The summed E-state index contributed by atoms with van der Waals surface area (Å²) in [6.45, 7) is 8.08. The number of hydrogen-bond acceptors (Lipinski definition) is 3. The minimum Gasteiger partial charge on any atom is -0.383 e. The Kier molecular flexibility index (Phi) is 8.92. The van der Waals surface area contributed by atoms with Crippen LogP contribution in [0.25, 0.3) is 0 Å². The smallest absolute Gasteiger partial charge is 0.141 e. The van der Waals surface area contributed by atoms with Gasteiger partial charge in [-0.15, -0.1) is 11.3 Å². The summed E-state index contributed by atoms with van der Waals surface area (Å²) >= 11 is 1.61. The standard InChI is InChI=1S/C22H25N3S.C2H6/c1-17-10-11-20(24-22(23)21-9-6-14-26-21)15-19(17)16-25(2)13-12-18-7-4-3-5-8-18;1-2/h3-11,14-15H,12-13,16H2,1-2H3,(H2,23,24);1-2H3. The third-order valence-corrected chi connectivity index (χ3v) is 5.31. The van der Waals surface area contributed by atoms with E-state index in [-0.39, 0.29) is 0 Å². The van der Waals surface area contributed by atoms with Crippen LogP contribution in [0.15, 0.2) is 71.0 Å². The summed E-state index contributed by atoms with van der Waals surface area (Å²) in [6.07, 6.45) is 1.06. The molecular weight excluding hydrogens is 362 g/mol. The van der Waals surface area contributed by atoms with Crippen LogP contribution in [0, 0.1) is 6.92 Å². The molecule has 1 aromatic heterocycles. The van der Waals surface area contributed by atoms with Crippen LogP contribution in [0.3, 0.4) is 0 Å². The van der Waals surface area contributed by atoms with Gasteiger partial charge in [0.15, 0.2) is 0 Å². The lowest BCUT2D eigenvalue weighted by Crippen LogP contribution is -2.21. The van der Waals surface area contributed by atoms with Crippen molar-refractivity contribution in [1.82, 2.24) is 4.90 Å². The zero-order chi connectivity index (χ0) is 20.4. The monoisotopic (exact) mass is 393 g/mol. The van der Waals surface area contributed by atoms with Crippen LogP contribution in [0.1, 0.15) is 35.4 Å². The fourth-order valence-electron chi connectivity index (χ4n) is 2.85. The molecule has 3 rings (SSSR count). The molecule has 2 N–H and O–H groups in total. The minimum absolute atomic E-state index is 0.576. The van der Waals surface area contributed by atoms with Crippen LogP contribution < -0.4 is 5.73 Å². The molecule has 4 heteroatoms. The SMILES string of the molecule is CC.Cc1ccc(N=C(N)c2cccs2)cc1CN(C)CCc1ccccc1. The summed E-state index contributed by atoms with van der Waals surface area (Å²) in [4.78, 5) is 7.95. The van der Waals surface area contributed by atoms with E-state index in [1.54, 1.807) is 11.3 Å². The van der Waals surface area contributed by atoms with Crippen molar-refractivity contribution in [1.29, 1.82) is 0 Å². The molecule has 2 aromatic carbocycles. The predicted octanol–water partition coefficient (Wildman–Crippen LogP) is 5.79. The van der Waals surface area contributed by atoms with Gasteiger partial charge in [-0.05, 0) is 60.7 Å². The molecule has 148 valence electrons. The third-order valence-electron chi connectivity index (χ3n) is 4.42. The van der Waals surface area contributed by atoms with Crippen LogP contribution in [0.2, 0.25) is 0 Å². The zero-order valence-corrected chi connectivity index (χ0v) is 18.2. The largest absolute Gasteiger partial charge is 0.383 e. The number of thiophene rings is 1. The van der Waals surface area contributed by atoms with Gasteiger partial charge in [-0.3, -0.25) is 0 Å². The molecule has 28 heavy (non-hydrogen) atoms. The van der Waals surface area contributed by atoms with E-state index in [0.29, 0.717) is 5.84 Å². The maximum Gasteiger partial charge on any atom is 0.141 e. The van der Waals surface area contributed by atoms with Crippen LogP contribution in [-0.2, 0) is 13.0 Å². The first kappa shape index (κ1) is 21.9. The second-order valence-electron chi connectivity index (χ2n) is 6.56. The molecule has 0 atom stereocenters. The Bertz CT molecular complexity index is 855. The number of aliphatic imine (C=N–C) groups is 1. The van der Waals surface area contributed by atoms with Crippen molar-refractivity contribution in [3.63, 3.8) is 0 Å². The Morgan fingerprint density at radius 1 is 1.04 bits per heavy atom. The molecule has 0 amide bonds. The van der Waals surface area contributed by atoms with E-state index in [9.17, 15) is 0 Å². The Morgan fingerprint density at radius 2 is 1.79 bits per heavy atom. The second kappa shape index (κ2) is 11.4. The number of hydrogen-bond donors (Lipinski definition) is 1. The molecule has 0 aliphatic rings. The topological polar surface area (TPSA) is 41.6 Å². The van der Waals surface area contributed by atoms with Gasteiger partial charge in [0.1, 0.15) is 5.84 Å². The van der Waals surface area contributed by atoms with Crippen molar-refractivity contribution in [2.24, 2.45) is 10.7 Å². The second-order valence-corrected chi connectivity index (χ2v) is 7.51. The van der Waals surface area contributed by atoms with Crippen molar-refractivity contribution >= 4 is 22.9 Å². The lowest BCUT2D eigenvalue weighted by molar-refractivity contribution is 0.330. The third kappa shape index (κ3) is 6.63. The summed E-state index contributed by atoms with van der Waals surface area (Å²) in [5.41, 5.74) is 11.0. The fraction of sp³-hybridized carbons (Fsp3) is 0.292. The van der Waals surface area contributed by atoms with E-state index in [1.165, 1.54) is 16.7 Å². The van der Waals surface area contributed by atoms with E-state index in [2.05, 4.69) is 66.3 Å².